The molecule has 0 saturated carbocycles. The third kappa shape index (κ3) is 4.58. The summed E-state index contributed by atoms with van der Waals surface area (Å²) in [6, 6.07) is 1.45. The molecule has 30 heavy (non-hydrogen) atoms. The van der Waals surface area contributed by atoms with Crippen LogP contribution in [0.4, 0.5) is 19.1 Å². The Labute approximate surface area is 175 Å². The Morgan fingerprint density at radius 1 is 1.27 bits per heavy atom. The summed E-state index contributed by atoms with van der Waals surface area (Å²) in [6.45, 7) is 5.08. The lowest BCUT2D eigenvalue weighted by Crippen LogP contribution is -2.41. The molecule has 166 valence electrons. The molecule has 2 atom stereocenters. The Bertz CT molecular complexity index is 974. The van der Waals surface area contributed by atoms with Gasteiger partial charge in [0, 0.05) is 30.0 Å². The standard InChI is InChI=1S/C19H25F3N4O3S/c1-11(24-30(28)19(2,3)4)13-9-12(20)10-14-15(13)23-18(25-5-7-29-8-6-25)26(16(14)27)17(21)22/h9-11,17,24H,5-8H2,1-4H3/t11-,30?/m1/s1. The lowest BCUT2D eigenvalue weighted by Gasteiger charge is -2.30. The van der Waals surface area contributed by atoms with Gasteiger partial charge in [-0.05, 0) is 39.8 Å². The molecule has 1 aromatic heterocycles. The molecule has 1 aromatic carbocycles. The molecule has 1 aliphatic rings. The number of hydrogen-bond acceptors (Lipinski definition) is 6. The first-order valence-electron chi connectivity index (χ1n) is 9.55. The molecular weight excluding hydrogens is 421 g/mol. The van der Waals surface area contributed by atoms with E-state index in [1.54, 1.807) is 32.6 Å². The third-order valence-electron chi connectivity index (χ3n) is 4.78. The fourth-order valence-corrected chi connectivity index (χ4v) is 3.98. The highest BCUT2D eigenvalue weighted by molar-refractivity contribution is 7.90. The molecule has 0 amide bonds. The van der Waals surface area contributed by atoms with Crippen molar-refractivity contribution in [3.8, 4) is 0 Å². The Hall–Kier alpha value is -1.82. The molecule has 1 unspecified atom stereocenters. The lowest BCUT2D eigenvalue weighted by molar-refractivity contribution is 0.0649. The fourth-order valence-electron chi connectivity index (χ4n) is 3.18. The summed E-state index contributed by atoms with van der Waals surface area (Å²) < 4.78 is 62.1. The van der Waals surface area contributed by atoms with Crippen molar-refractivity contribution in [3.05, 3.63) is 33.9 Å². The summed E-state index contributed by atoms with van der Waals surface area (Å²) in [4.78, 5) is 18.8. The Balaban J connectivity index is 2.19. The summed E-state index contributed by atoms with van der Waals surface area (Å²) in [5.41, 5.74) is -0.650. The SMILES string of the molecule is C[C@@H](N[S+]([O-])C(C)(C)C)c1cc(F)cc2c(=O)n(C(F)F)c(N3CCOCC3)nc12. The van der Waals surface area contributed by atoms with Gasteiger partial charge in [-0.25, -0.2) is 13.9 Å². The van der Waals surface area contributed by atoms with Gasteiger partial charge in [0.1, 0.15) is 10.6 Å². The van der Waals surface area contributed by atoms with Crippen LogP contribution in [0, 0.1) is 5.82 Å². The van der Waals surface area contributed by atoms with Crippen molar-refractivity contribution in [2.75, 3.05) is 31.2 Å². The first kappa shape index (κ1) is 22.9. The van der Waals surface area contributed by atoms with Gasteiger partial charge < -0.3 is 14.2 Å². The highest BCUT2D eigenvalue weighted by Crippen LogP contribution is 2.28. The minimum atomic E-state index is -3.14. The number of nitrogens with zero attached hydrogens (tertiary/aromatic N) is 3. The van der Waals surface area contributed by atoms with Crippen molar-refractivity contribution in [2.24, 2.45) is 0 Å². The van der Waals surface area contributed by atoms with Gasteiger partial charge in [-0.3, -0.25) is 4.79 Å². The van der Waals surface area contributed by atoms with E-state index in [0.717, 1.165) is 6.07 Å². The maximum atomic E-state index is 14.3. The second kappa shape index (κ2) is 8.74. The van der Waals surface area contributed by atoms with Crippen LogP contribution in [0.25, 0.3) is 10.9 Å². The summed E-state index contributed by atoms with van der Waals surface area (Å²) in [7, 11) is 0. The molecule has 1 saturated heterocycles. The van der Waals surface area contributed by atoms with Crippen molar-refractivity contribution >= 4 is 28.2 Å². The molecule has 1 aliphatic heterocycles. The number of benzene rings is 1. The molecule has 0 spiro atoms. The van der Waals surface area contributed by atoms with Crippen LogP contribution in [0.15, 0.2) is 16.9 Å². The zero-order chi connectivity index (χ0) is 22.2. The molecule has 3 rings (SSSR count). The second-order valence-electron chi connectivity index (χ2n) is 8.08. The van der Waals surface area contributed by atoms with Crippen LogP contribution >= 0.6 is 0 Å². The normalized spacial score (nSPS) is 17.6. The van der Waals surface area contributed by atoms with Gasteiger partial charge in [-0.15, -0.1) is 4.72 Å². The molecule has 2 aromatic rings. The Morgan fingerprint density at radius 2 is 1.90 bits per heavy atom. The smallest absolute Gasteiger partial charge is 0.324 e. The molecule has 7 nitrogen and oxygen atoms in total. The van der Waals surface area contributed by atoms with Crippen LogP contribution < -0.4 is 15.2 Å². The van der Waals surface area contributed by atoms with Crippen LogP contribution in [0.5, 0.6) is 0 Å². The minimum Gasteiger partial charge on any atom is -0.598 e. The monoisotopic (exact) mass is 446 g/mol. The first-order valence-corrected chi connectivity index (χ1v) is 10.7. The van der Waals surface area contributed by atoms with E-state index in [1.165, 1.54) is 6.07 Å². The van der Waals surface area contributed by atoms with E-state index >= 15 is 0 Å². The maximum absolute atomic E-state index is 14.3. The average molecular weight is 446 g/mol. The maximum Gasteiger partial charge on any atom is 0.324 e. The molecular formula is C19H25F3N4O3S. The van der Waals surface area contributed by atoms with E-state index in [2.05, 4.69) is 9.71 Å². The molecule has 0 bridgehead atoms. The van der Waals surface area contributed by atoms with Crippen molar-refractivity contribution < 1.29 is 22.5 Å². The number of fused-ring (bicyclic) bond motifs is 1. The van der Waals surface area contributed by atoms with Gasteiger partial charge in [0.25, 0.3) is 5.56 Å². The number of morpholine rings is 1. The van der Waals surface area contributed by atoms with Gasteiger partial charge in [0.2, 0.25) is 5.95 Å². The number of alkyl halides is 2. The third-order valence-corrected chi connectivity index (χ3v) is 6.46. The van der Waals surface area contributed by atoms with E-state index in [-0.39, 0.29) is 27.0 Å². The zero-order valence-electron chi connectivity index (χ0n) is 17.2. The molecule has 1 fully saturated rings. The van der Waals surface area contributed by atoms with Crippen LogP contribution in [0.3, 0.4) is 0 Å². The topological polar surface area (TPSA) is 82.5 Å². The van der Waals surface area contributed by atoms with Gasteiger partial charge in [-0.1, -0.05) is 0 Å². The lowest BCUT2D eigenvalue weighted by atomic mass is 10.0. The van der Waals surface area contributed by atoms with Crippen molar-refractivity contribution in [1.29, 1.82) is 0 Å². The number of nitrogens with one attached hydrogen (secondary N) is 1. The summed E-state index contributed by atoms with van der Waals surface area (Å²) in [6.07, 6.45) is 0. The van der Waals surface area contributed by atoms with Gasteiger partial charge >= 0.3 is 6.55 Å². The number of hydrogen-bond donors (Lipinski definition) is 1. The van der Waals surface area contributed by atoms with E-state index in [9.17, 15) is 22.5 Å². The summed E-state index contributed by atoms with van der Waals surface area (Å²) in [5.74, 6) is -0.950. The van der Waals surface area contributed by atoms with E-state index in [0.29, 0.717) is 26.3 Å². The van der Waals surface area contributed by atoms with E-state index < -0.39 is 40.1 Å². The largest absolute Gasteiger partial charge is 0.598 e. The van der Waals surface area contributed by atoms with Crippen molar-refractivity contribution in [3.63, 3.8) is 0 Å². The van der Waals surface area contributed by atoms with Crippen LogP contribution in [0.2, 0.25) is 0 Å². The number of rotatable bonds is 5. The number of anilines is 1. The van der Waals surface area contributed by atoms with Gasteiger partial charge in [0.15, 0.2) is 0 Å². The first-order chi connectivity index (χ1) is 14.0. The fraction of sp³-hybridized carbons (Fsp3) is 0.579. The quantitative estimate of drug-likeness (QED) is 0.712. The summed E-state index contributed by atoms with van der Waals surface area (Å²) in [5, 5.41) is -0.252. The van der Waals surface area contributed by atoms with Crippen LogP contribution in [-0.4, -0.2) is 45.2 Å². The number of halogens is 3. The highest BCUT2D eigenvalue weighted by atomic mass is 32.2. The predicted molar refractivity (Wildman–Crippen MR) is 110 cm³/mol. The van der Waals surface area contributed by atoms with Gasteiger partial charge in [0.05, 0.1) is 30.2 Å². The molecule has 0 aliphatic carbocycles. The van der Waals surface area contributed by atoms with Crippen molar-refractivity contribution in [1.82, 2.24) is 14.3 Å². The summed E-state index contributed by atoms with van der Waals surface area (Å²) >= 11 is -1.47. The molecule has 1 N–H and O–H groups in total. The molecule has 11 heteroatoms. The predicted octanol–water partition coefficient (Wildman–Crippen LogP) is 2.88. The van der Waals surface area contributed by atoms with Crippen molar-refractivity contribution in [2.45, 2.75) is 45.0 Å². The molecule has 0 radical (unpaired) electrons. The number of ether oxygens (including phenoxy) is 1. The molecule has 2 heterocycles. The Kier molecular flexibility index (Phi) is 6.66. The average Bonchev–Trinajstić information content (AvgIpc) is 2.67. The van der Waals surface area contributed by atoms with E-state index in [4.69, 9.17) is 4.74 Å². The Morgan fingerprint density at radius 3 is 2.47 bits per heavy atom. The van der Waals surface area contributed by atoms with Crippen LogP contribution in [0.1, 0.15) is 45.8 Å². The minimum absolute atomic E-state index is 0.103. The van der Waals surface area contributed by atoms with Crippen LogP contribution in [-0.2, 0) is 16.1 Å². The van der Waals surface area contributed by atoms with E-state index in [1.807, 2.05) is 0 Å². The highest BCUT2D eigenvalue weighted by Gasteiger charge is 2.30. The number of aromatic nitrogens is 2. The zero-order valence-corrected chi connectivity index (χ0v) is 18.1. The van der Waals surface area contributed by atoms with Gasteiger partial charge in [-0.2, -0.15) is 8.78 Å². The second-order valence-corrected chi connectivity index (χ2v) is 10.1.